The highest BCUT2D eigenvalue weighted by atomic mass is 35.5. The third kappa shape index (κ3) is 3.94. The van der Waals surface area contributed by atoms with Gasteiger partial charge < -0.3 is 15.1 Å². The van der Waals surface area contributed by atoms with Crippen LogP contribution in [0.3, 0.4) is 0 Å². The summed E-state index contributed by atoms with van der Waals surface area (Å²) in [6.45, 7) is 5.56. The Morgan fingerprint density at radius 1 is 1.04 bits per heavy atom. The van der Waals surface area contributed by atoms with Crippen LogP contribution in [0.1, 0.15) is 5.56 Å². The number of thiocarbonyl (C=S) groups is 1. The number of hydrogen-bond donors (Lipinski definition) is 1. The van der Waals surface area contributed by atoms with Crippen LogP contribution in [0.4, 0.5) is 11.4 Å². The van der Waals surface area contributed by atoms with Gasteiger partial charge in [0.1, 0.15) is 0 Å². The van der Waals surface area contributed by atoms with Crippen molar-refractivity contribution in [1.29, 1.82) is 0 Å². The first-order valence-electron chi connectivity index (χ1n) is 7.86. The lowest BCUT2D eigenvalue weighted by atomic mass is 10.2. The van der Waals surface area contributed by atoms with Crippen molar-refractivity contribution in [3.05, 3.63) is 58.1 Å². The summed E-state index contributed by atoms with van der Waals surface area (Å²) in [5, 5.41) is 5.57. The molecule has 0 saturated carbocycles. The third-order valence-corrected chi connectivity index (χ3v) is 5.25. The minimum Gasteiger partial charge on any atom is -0.368 e. The molecule has 1 heterocycles. The summed E-state index contributed by atoms with van der Waals surface area (Å²) >= 11 is 17.8. The van der Waals surface area contributed by atoms with Gasteiger partial charge in [-0.25, -0.2) is 0 Å². The molecule has 0 aromatic heterocycles. The number of rotatable bonds is 2. The molecule has 0 bridgehead atoms. The summed E-state index contributed by atoms with van der Waals surface area (Å²) in [5.41, 5.74) is 3.13. The van der Waals surface area contributed by atoms with Crippen molar-refractivity contribution in [3.63, 3.8) is 0 Å². The van der Waals surface area contributed by atoms with Crippen LogP contribution in [0, 0.1) is 6.92 Å². The topological polar surface area (TPSA) is 18.5 Å². The van der Waals surface area contributed by atoms with Crippen LogP contribution in [-0.2, 0) is 0 Å². The van der Waals surface area contributed by atoms with Crippen LogP contribution >= 0.6 is 35.4 Å². The molecule has 1 fully saturated rings. The summed E-state index contributed by atoms with van der Waals surface area (Å²) in [6.07, 6.45) is 0. The highest BCUT2D eigenvalue weighted by Crippen LogP contribution is 2.24. The van der Waals surface area contributed by atoms with Crippen molar-refractivity contribution < 1.29 is 0 Å². The quantitative estimate of drug-likeness (QED) is 0.753. The van der Waals surface area contributed by atoms with Crippen LogP contribution in [0.5, 0.6) is 0 Å². The van der Waals surface area contributed by atoms with Crippen LogP contribution in [0.2, 0.25) is 10.0 Å². The monoisotopic (exact) mass is 379 g/mol. The molecule has 24 heavy (non-hydrogen) atoms. The number of hydrogen-bond acceptors (Lipinski definition) is 2. The number of anilines is 2. The Kier molecular flexibility index (Phi) is 5.49. The maximum absolute atomic E-state index is 6.17. The van der Waals surface area contributed by atoms with E-state index in [1.54, 1.807) is 0 Å². The molecule has 0 radical (unpaired) electrons. The highest BCUT2D eigenvalue weighted by molar-refractivity contribution is 7.80. The minimum absolute atomic E-state index is 0.742. The molecule has 1 aliphatic rings. The molecular formula is C18H19Cl2N3S. The largest absolute Gasteiger partial charge is 0.368 e. The van der Waals surface area contributed by atoms with Gasteiger partial charge in [-0.05, 0) is 55.0 Å². The van der Waals surface area contributed by atoms with Gasteiger partial charge in [0.15, 0.2) is 5.11 Å². The van der Waals surface area contributed by atoms with Gasteiger partial charge in [-0.3, -0.25) is 0 Å². The summed E-state index contributed by atoms with van der Waals surface area (Å²) in [6, 6.07) is 13.8. The first-order valence-corrected chi connectivity index (χ1v) is 9.02. The Hall–Kier alpha value is -1.49. The predicted molar refractivity (Wildman–Crippen MR) is 108 cm³/mol. The zero-order valence-corrected chi connectivity index (χ0v) is 15.8. The lowest BCUT2D eigenvalue weighted by molar-refractivity contribution is 0.391. The molecule has 0 aliphatic carbocycles. The number of halogens is 2. The second kappa shape index (κ2) is 7.60. The number of nitrogens with one attached hydrogen (secondary N) is 1. The molecular weight excluding hydrogens is 361 g/mol. The van der Waals surface area contributed by atoms with E-state index in [1.165, 1.54) is 0 Å². The van der Waals surface area contributed by atoms with Crippen molar-refractivity contribution in [3.8, 4) is 0 Å². The first-order chi connectivity index (χ1) is 11.5. The molecule has 6 heteroatoms. The zero-order valence-electron chi connectivity index (χ0n) is 13.4. The van der Waals surface area contributed by atoms with E-state index in [9.17, 15) is 0 Å². The van der Waals surface area contributed by atoms with Gasteiger partial charge in [0.25, 0.3) is 0 Å². The summed E-state index contributed by atoms with van der Waals surface area (Å²) in [4.78, 5) is 4.52. The van der Waals surface area contributed by atoms with Gasteiger partial charge in [0.05, 0.1) is 0 Å². The van der Waals surface area contributed by atoms with E-state index >= 15 is 0 Å². The molecule has 2 aromatic rings. The molecule has 0 unspecified atom stereocenters. The van der Waals surface area contributed by atoms with Crippen molar-refractivity contribution in [2.45, 2.75) is 6.92 Å². The number of nitrogens with zero attached hydrogens (tertiary/aromatic N) is 2. The summed E-state index contributed by atoms with van der Waals surface area (Å²) < 4.78 is 0. The Morgan fingerprint density at radius 3 is 2.46 bits per heavy atom. The van der Waals surface area contributed by atoms with E-state index < -0.39 is 0 Å². The predicted octanol–water partition coefficient (Wildman–Crippen LogP) is 4.82. The standard InChI is InChI=1S/C18H19Cl2N3S/c1-13-16(20)6-3-7-17(13)21-18(24)23-10-8-22(9-11-23)15-5-2-4-14(19)12-15/h2-7,12H,8-11H2,1H3,(H,21,24). The number of piperazine rings is 1. The Labute approximate surface area is 158 Å². The van der Waals surface area contributed by atoms with E-state index in [0.717, 1.165) is 58.3 Å². The fraction of sp³-hybridized carbons (Fsp3) is 0.278. The smallest absolute Gasteiger partial charge is 0.173 e. The van der Waals surface area contributed by atoms with E-state index in [-0.39, 0.29) is 0 Å². The van der Waals surface area contributed by atoms with Crippen molar-refractivity contribution >= 4 is 51.9 Å². The molecule has 1 aliphatic heterocycles. The molecule has 1 N–H and O–H groups in total. The maximum atomic E-state index is 6.17. The number of benzene rings is 2. The van der Waals surface area contributed by atoms with E-state index in [4.69, 9.17) is 35.4 Å². The van der Waals surface area contributed by atoms with Gasteiger partial charge in [0.2, 0.25) is 0 Å². The Balaban J connectivity index is 1.60. The molecule has 2 aromatic carbocycles. The van der Waals surface area contributed by atoms with Gasteiger partial charge in [-0.2, -0.15) is 0 Å². The highest BCUT2D eigenvalue weighted by Gasteiger charge is 2.19. The average molecular weight is 380 g/mol. The summed E-state index contributed by atoms with van der Waals surface area (Å²) in [7, 11) is 0. The van der Waals surface area contributed by atoms with Crippen LogP contribution in [-0.4, -0.2) is 36.2 Å². The van der Waals surface area contributed by atoms with Gasteiger partial charge in [-0.1, -0.05) is 35.3 Å². The van der Waals surface area contributed by atoms with E-state index in [0.29, 0.717) is 0 Å². The summed E-state index contributed by atoms with van der Waals surface area (Å²) in [5.74, 6) is 0. The fourth-order valence-corrected chi connectivity index (χ4v) is 3.43. The van der Waals surface area contributed by atoms with Gasteiger partial charge in [-0.15, -0.1) is 0 Å². The SMILES string of the molecule is Cc1c(Cl)cccc1NC(=S)N1CCN(c2cccc(Cl)c2)CC1. The van der Waals surface area contributed by atoms with E-state index in [2.05, 4.69) is 21.2 Å². The molecule has 0 amide bonds. The van der Waals surface area contributed by atoms with Crippen molar-refractivity contribution in [2.24, 2.45) is 0 Å². The fourth-order valence-electron chi connectivity index (χ4n) is 2.78. The first kappa shape index (κ1) is 17.3. The second-order valence-corrected chi connectivity index (χ2v) is 7.03. The molecule has 126 valence electrons. The average Bonchev–Trinajstić information content (AvgIpc) is 2.59. The van der Waals surface area contributed by atoms with E-state index in [1.807, 2.05) is 43.3 Å². The van der Waals surface area contributed by atoms with Gasteiger partial charge in [0, 0.05) is 47.6 Å². The molecule has 0 spiro atoms. The van der Waals surface area contributed by atoms with Crippen LogP contribution in [0.15, 0.2) is 42.5 Å². The molecule has 1 saturated heterocycles. The third-order valence-electron chi connectivity index (χ3n) is 4.25. The van der Waals surface area contributed by atoms with Crippen LogP contribution in [0.25, 0.3) is 0 Å². The van der Waals surface area contributed by atoms with Crippen molar-refractivity contribution in [1.82, 2.24) is 4.90 Å². The minimum atomic E-state index is 0.742. The lowest BCUT2D eigenvalue weighted by Gasteiger charge is -2.37. The van der Waals surface area contributed by atoms with Crippen LogP contribution < -0.4 is 10.2 Å². The maximum Gasteiger partial charge on any atom is 0.173 e. The zero-order chi connectivity index (χ0) is 17.1. The Morgan fingerprint density at radius 2 is 1.75 bits per heavy atom. The normalized spacial score (nSPS) is 14.6. The molecule has 3 rings (SSSR count). The van der Waals surface area contributed by atoms with Crippen molar-refractivity contribution in [2.75, 3.05) is 36.4 Å². The second-order valence-electron chi connectivity index (χ2n) is 5.80. The van der Waals surface area contributed by atoms with Gasteiger partial charge >= 0.3 is 0 Å². The Bertz CT molecular complexity index is 743. The lowest BCUT2D eigenvalue weighted by Crippen LogP contribution is -2.50. The molecule has 3 nitrogen and oxygen atoms in total. The molecule has 0 atom stereocenters.